The summed E-state index contributed by atoms with van der Waals surface area (Å²) in [4.78, 5) is 5.18. The highest BCUT2D eigenvalue weighted by molar-refractivity contribution is 5.51. The summed E-state index contributed by atoms with van der Waals surface area (Å²) in [6.45, 7) is 5.21. The molecule has 2 atom stereocenters. The van der Waals surface area contributed by atoms with E-state index in [1.807, 2.05) is 0 Å². The normalized spacial score (nSPS) is 24.0. The van der Waals surface area contributed by atoms with Gasteiger partial charge in [-0.05, 0) is 61.0 Å². The van der Waals surface area contributed by atoms with E-state index in [-0.39, 0.29) is 22.8 Å². The minimum atomic E-state index is -2.96. The lowest BCUT2D eigenvalue weighted by Crippen LogP contribution is -2.30. The molecule has 0 aliphatic heterocycles. The first-order valence-electron chi connectivity index (χ1n) is 13.9. The number of pyridine rings is 1. The van der Waals surface area contributed by atoms with E-state index in [1.165, 1.54) is 30.7 Å². The van der Waals surface area contributed by atoms with Crippen LogP contribution in [-0.4, -0.2) is 10.1 Å². The first-order chi connectivity index (χ1) is 17.0. The van der Waals surface area contributed by atoms with Gasteiger partial charge in [0.15, 0.2) is 6.17 Å². The molecule has 1 heterocycles. The molecular formula is C31H40F3NO. The number of aromatic nitrogens is 1. The molecule has 0 bridgehead atoms. The van der Waals surface area contributed by atoms with Crippen LogP contribution in [0.25, 0.3) is 0 Å². The first-order valence-corrected chi connectivity index (χ1v) is 13.9. The van der Waals surface area contributed by atoms with Gasteiger partial charge in [0, 0.05) is 35.2 Å². The van der Waals surface area contributed by atoms with Crippen LogP contribution in [0, 0.1) is 5.41 Å². The lowest BCUT2D eigenvalue weighted by molar-refractivity contribution is 0.0174. The quantitative estimate of drug-likeness (QED) is 0.445. The van der Waals surface area contributed by atoms with Crippen LogP contribution in [0.1, 0.15) is 148 Å². The van der Waals surface area contributed by atoms with Gasteiger partial charge in [-0.25, -0.2) is 13.2 Å². The molecule has 0 spiro atoms. The number of hydrogen-bond acceptors (Lipinski definition) is 2. The number of fused-ring (bicyclic) bond motifs is 1. The zero-order chi connectivity index (χ0) is 25.7. The van der Waals surface area contributed by atoms with Gasteiger partial charge in [-0.15, -0.1) is 0 Å². The predicted molar refractivity (Wildman–Crippen MR) is 137 cm³/mol. The van der Waals surface area contributed by atoms with E-state index in [9.17, 15) is 13.9 Å². The summed E-state index contributed by atoms with van der Waals surface area (Å²) in [5.41, 5.74) is 4.57. The van der Waals surface area contributed by atoms with Crippen molar-refractivity contribution >= 4 is 0 Å². The van der Waals surface area contributed by atoms with Crippen molar-refractivity contribution in [3.8, 4) is 0 Å². The molecule has 0 saturated heterocycles. The van der Waals surface area contributed by atoms with E-state index >= 15 is 4.39 Å². The number of nitrogens with zero attached hydrogens (tertiary/aromatic N) is 1. The molecule has 3 aliphatic carbocycles. The molecule has 0 unspecified atom stereocenters. The van der Waals surface area contributed by atoms with Crippen LogP contribution in [0.5, 0.6) is 0 Å². The van der Waals surface area contributed by atoms with Gasteiger partial charge >= 0.3 is 0 Å². The monoisotopic (exact) mass is 499 g/mol. The van der Waals surface area contributed by atoms with E-state index < -0.39 is 18.2 Å². The van der Waals surface area contributed by atoms with Crippen molar-refractivity contribution < 1.29 is 18.3 Å². The van der Waals surface area contributed by atoms with Crippen LogP contribution >= 0.6 is 0 Å². The Labute approximate surface area is 213 Å². The van der Waals surface area contributed by atoms with Crippen LogP contribution in [0.15, 0.2) is 24.3 Å². The molecule has 2 saturated carbocycles. The Morgan fingerprint density at radius 3 is 2.11 bits per heavy atom. The third-order valence-electron chi connectivity index (χ3n) is 8.87. The molecule has 2 aromatic rings. The van der Waals surface area contributed by atoms with Crippen molar-refractivity contribution in [3.63, 3.8) is 0 Å². The van der Waals surface area contributed by atoms with Crippen molar-refractivity contribution in [2.24, 2.45) is 5.41 Å². The maximum Gasteiger partial charge on any atom is 0.270 e. The van der Waals surface area contributed by atoms with Crippen molar-refractivity contribution in [2.75, 3.05) is 0 Å². The highest BCUT2D eigenvalue weighted by Crippen LogP contribution is 2.51. The molecule has 2 fully saturated rings. The number of halogens is 3. The Bertz CT molecular complexity index is 1080. The molecular weight excluding hydrogens is 459 g/mol. The number of alkyl halides is 3. The molecule has 1 aromatic heterocycles. The second-order valence-corrected chi connectivity index (χ2v) is 12.4. The average Bonchev–Trinajstić information content (AvgIpc) is 3.37. The summed E-state index contributed by atoms with van der Waals surface area (Å²) in [7, 11) is 0. The van der Waals surface area contributed by atoms with Gasteiger partial charge in [0.2, 0.25) is 0 Å². The maximum atomic E-state index is 16.8. The fourth-order valence-corrected chi connectivity index (χ4v) is 7.08. The maximum absolute atomic E-state index is 16.8. The Morgan fingerprint density at radius 1 is 0.917 bits per heavy atom. The van der Waals surface area contributed by atoms with E-state index in [4.69, 9.17) is 4.98 Å². The number of rotatable bonds is 5. The molecule has 0 amide bonds. The van der Waals surface area contributed by atoms with Crippen molar-refractivity contribution in [1.82, 2.24) is 4.98 Å². The summed E-state index contributed by atoms with van der Waals surface area (Å²) in [5, 5.41) is 11.4. The van der Waals surface area contributed by atoms with Gasteiger partial charge in [-0.3, -0.25) is 4.98 Å². The largest absolute Gasteiger partial charge is 0.388 e. The van der Waals surface area contributed by atoms with Gasteiger partial charge in [-0.2, -0.15) is 0 Å². The molecule has 196 valence electrons. The summed E-state index contributed by atoms with van der Waals surface area (Å²) >= 11 is 0. The van der Waals surface area contributed by atoms with E-state index in [2.05, 4.69) is 13.8 Å². The molecule has 1 N–H and O–H groups in total. The Hall–Kier alpha value is -1.88. The molecule has 36 heavy (non-hydrogen) atoms. The van der Waals surface area contributed by atoms with Gasteiger partial charge in [0.25, 0.3) is 5.92 Å². The predicted octanol–water partition coefficient (Wildman–Crippen LogP) is 8.96. The standard InChI is InChI=1S/C31H40F3NO/c1-30(2)17-23-26(24(36)18-30)25(19-9-5-4-6-10-19)27(29(35-23)21-11-7-8-12-21)28(32)20-13-15-22(16-14-20)31(3,33)34/h13-16,19,21,24,28,36H,4-12,17-18H2,1-3H3/t24-,28-/m0/s1. The first kappa shape index (κ1) is 25.8. The number of aliphatic hydroxyl groups excluding tert-OH is 1. The molecule has 5 rings (SSSR count). The van der Waals surface area contributed by atoms with Gasteiger partial charge in [0.05, 0.1) is 11.8 Å². The third kappa shape index (κ3) is 4.97. The van der Waals surface area contributed by atoms with Crippen molar-refractivity contribution in [1.29, 1.82) is 0 Å². The zero-order valence-corrected chi connectivity index (χ0v) is 21.9. The smallest absolute Gasteiger partial charge is 0.270 e. The second-order valence-electron chi connectivity index (χ2n) is 12.4. The Kier molecular flexibility index (Phi) is 6.99. The molecule has 0 radical (unpaired) electrons. The highest BCUT2D eigenvalue weighted by atomic mass is 19.3. The molecule has 2 nitrogen and oxygen atoms in total. The third-order valence-corrected chi connectivity index (χ3v) is 8.87. The van der Waals surface area contributed by atoms with Gasteiger partial charge < -0.3 is 5.11 Å². The Balaban J connectivity index is 1.71. The fraction of sp³-hybridized carbons (Fsp3) is 0.645. The minimum Gasteiger partial charge on any atom is -0.388 e. The van der Waals surface area contributed by atoms with Crippen LogP contribution in [-0.2, 0) is 12.3 Å². The average molecular weight is 500 g/mol. The number of benzene rings is 1. The second kappa shape index (κ2) is 9.78. The topological polar surface area (TPSA) is 33.1 Å². The lowest BCUT2D eigenvalue weighted by atomic mass is 9.69. The van der Waals surface area contributed by atoms with Crippen LogP contribution < -0.4 is 0 Å². The highest BCUT2D eigenvalue weighted by Gasteiger charge is 2.40. The van der Waals surface area contributed by atoms with E-state index in [1.54, 1.807) is 0 Å². The van der Waals surface area contributed by atoms with Crippen molar-refractivity contribution in [3.05, 3.63) is 63.5 Å². The fourth-order valence-electron chi connectivity index (χ4n) is 7.08. The summed E-state index contributed by atoms with van der Waals surface area (Å²) in [5.74, 6) is -2.54. The summed E-state index contributed by atoms with van der Waals surface area (Å²) in [6, 6.07) is 5.72. The molecule has 3 aliphatic rings. The summed E-state index contributed by atoms with van der Waals surface area (Å²) in [6.07, 6.45) is 8.97. The van der Waals surface area contributed by atoms with E-state index in [0.717, 1.165) is 87.2 Å². The lowest BCUT2D eigenvalue weighted by Gasteiger charge is -2.39. The summed E-state index contributed by atoms with van der Waals surface area (Å²) < 4.78 is 44.5. The SMILES string of the molecule is CC1(C)Cc2nc(C3CCCC3)c([C@@H](F)c3ccc(C(C)(F)F)cc3)c(C3CCCCC3)c2[C@@H](O)C1. The zero-order valence-electron chi connectivity index (χ0n) is 21.9. The Morgan fingerprint density at radius 2 is 1.50 bits per heavy atom. The number of aliphatic hydroxyl groups is 1. The van der Waals surface area contributed by atoms with Crippen LogP contribution in [0.3, 0.4) is 0 Å². The van der Waals surface area contributed by atoms with E-state index in [0.29, 0.717) is 17.5 Å². The number of hydrogen-bond donors (Lipinski definition) is 1. The van der Waals surface area contributed by atoms with Gasteiger partial charge in [0.1, 0.15) is 0 Å². The minimum absolute atomic E-state index is 0.0615. The van der Waals surface area contributed by atoms with Gasteiger partial charge in [-0.1, -0.05) is 70.2 Å². The molecule has 1 aromatic carbocycles. The van der Waals surface area contributed by atoms with Crippen molar-refractivity contribution in [2.45, 2.75) is 121 Å². The molecule has 5 heteroatoms. The van der Waals surface area contributed by atoms with Crippen LogP contribution in [0.2, 0.25) is 0 Å². The van der Waals surface area contributed by atoms with Crippen LogP contribution in [0.4, 0.5) is 13.2 Å².